The average Bonchev–Trinajstić information content (AvgIpc) is 2.68. The Bertz CT molecular complexity index is 876. The van der Waals surface area contributed by atoms with Crippen LogP contribution in [0.4, 0.5) is 0 Å². The summed E-state index contributed by atoms with van der Waals surface area (Å²) in [7, 11) is -3.79. The van der Waals surface area contributed by atoms with E-state index in [1.54, 1.807) is 11.6 Å². The third kappa shape index (κ3) is 8.37. The van der Waals surface area contributed by atoms with Crippen LogP contribution in [-0.4, -0.2) is 42.7 Å². The molecule has 0 bridgehead atoms. The lowest BCUT2D eigenvalue weighted by molar-refractivity contribution is -0.141. The monoisotopic (exact) mass is 435 g/mol. The Hall–Kier alpha value is -2.67. The highest BCUT2D eigenvalue weighted by Gasteiger charge is 2.35. The van der Waals surface area contributed by atoms with Gasteiger partial charge in [0, 0.05) is 0 Å². The van der Waals surface area contributed by atoms with Gasteiger partial charge in [-0.05, 0) is 24.3 Å². The molecule has 9 heteroatoms. The van der Waals surface area contributed by atoms with Crippen LogP contribution in [0.25, 0.3) is 6.08 Å². The molecule has 1 aromatic rings. The van der Waals surface area contributed by atoms with Gasteiger partial charge in [-0.1, -0.05) is 62.3 Å². The van der Waals surface area contributed by atoms with E-state index in [4.69, 9.17) is 6.42 Å². The smallest absolute Gasteiger partial charge is 0.247 e. The summed E-state index contributed by atoms with van der Waals surface area (Å²) in [5.41, 5.74) is 4.84. The van der Waals surface area contributed by atoms with Gasteiger partial charge in [0.05, 0.1) is 24.6 Å². The normalized spacial score (nSPS) is 13.8. The fourth-order valence-electron chi connectivity index (χ4n) is 2.94. The summed E-state index contributed by atoms with van der Waals surface area (Å²) in [6.07, 6.45) is 10.1. The van der Waals surface area contributed by atoms with Gasteiger partial charge in [0.1, 0.15) is 0 Å². The van der Waals surface area contributed by atoms with E-state index in [0.29, 0.717) is 10.8 Å². The summed E-state index contributed by atoms with van der Waals surface area (Å²) in [5.74, 6) is -0.977. The van der Waals surface area contributed by atoms with Crippen molar-refractivity contribution in [2.45, 2.75) is 26.7 Å². The molecule has 0 radical (unpaired) electrons. The van der Waals surface area contributed by atoms with Crippen molar-refractivity contribution in [1.29, 1.82) is 0 Å². The number of carbonyl (C=O) groups is 2. The summed E-state index contributed by atoms with van der Waals surface area (Å²) in [4.78, 5) is 25.3. The molecule has 2 amide bonds. The molecule has 0 fully saturated rings. The van der Waals surface area contributed by atoms with Crippen molar-refractivity contribution in [3.05, 3.63) is 42.0 Å². The predicted molar refractivity (Wildman–Crippen MR) is 115 cm³/mol. The first-order chi connectivity index (χ1) is 14.1. The Labute approximate surface area is 178 Å². The summed E-state index contributed by atoms with van der Waals surface area (Å²) in [6, 6.07) is 9.40. The van der Waals surface area contributed by atoms with Crippen LogP contribution in [0.2, 0.25) is 0 Å². The first kappa shape index (κ1) is 25.4. The molecule has 1 aromatic carbocycles. The molecule has 164 valence electrons. The SMILES string of the molecule is C#CCN(NC(=O)[C@H](CC(C)C)[C@H](CC=Cc1ccccc1)C(=O)NO)S(C)(=O)=O. The van der Waals surface area contributed by atoms with Crippen molar-refractivity contribution in [2.75, 3.05) is 12.8 Å². The number of rotatable bonds is 11. The summed E-state index contributed by atoms with van der Waals surface area (Å²) < 4.78 is 24.4. The molecule has 0 saturated carbocycles. The maximum atomic E-state index is 12.9. The molecule has 0 aromatic heterocycles. The lowest BCUT2D eigenvalue weighted by Gasteiger charge is -2.28. The number of carbonyl (C=O) groups excluding carboxylic acids is 2. The first-order valence-electron chi connectivity index (χ1n) is 9.47. The van der Waals surface area contributed by atoms with Gasteiger partial charge in [-0.3, -0.25) is 20.2 Å². The zero-order valence-corrected chi connectivity index (χ0v) is 18.2. The van der Waals surface area contributed by atoms with Crippen molar-refractivity contribution in [3.63, 3.8) is 0 Å². The van der Waals surface area contributed by atoms with Crippen molar-refractivity contribution in [3.8, 4) is 12.3 Å². The maximum Gasteiger partial charge on any atom is 0.247 e. The maximum absolute atomic E-state index is 12.9. The van der Waals surface area contributed by atoms with E-state index in [1.807, 2.05) is 50.3 Å². The van der Waals surface area contributed by atoms with Gasteiger partial charge in [-0.2, -0.15) is 0 Å². The number of hydrogen-bond acceptors (Lipinski definition) is 5. The number of terminal acetylenes is 1. The Balaban J connectivity index is 3.13. The number of nitrogens with one attached hydrogen (secondary N) is 2. The van der Waals surface area contributed by atoms with E-state index in [1.165, 1.54) is 0 Å². The number of nitrogens with zero attached hydrogens (tertiary/aromatic N) is 1. The van der Waals surface area contributed by atoms with Gasteiger partial charge < -0.3 is 0 Å². The summed E-state index contributed by atoms with van der Waals surface area (Å²) >= 11 is 0. The van der Waals surface area contributed by atoms with Crippen LogP contribution in [0.5, 0.6) is 0 Å². The van der Waals surface area contributed by atoms with E-state index in [0.717, 1.165) is 11.8 Å². The summed E-state index contributed by atoms with van der Waals surface area (Å²) in [6.45, 7) is 3.41. The molecule has 0 spiro atoms. The fourth-order valence-corrected chi connectivity index (χ4v) is 3.51. The van der Waals surface area contributed by atoms with Crippen molar-refractivity contribution in [1.82, 2.24) is 15.3 Å². The van der Waals surface area contributed by atoms with Gasteiger partial charge in [0.25, 0.3) is 0 Å². The lowest BCUT2D eigenvalue weighted by Crippen LogP contribution is -2.50. The topological polar surface area (TPSA) is 116 Å². The highest BCUT2D eigenvalue weighted by Crippen LogP contribution is 2.25. The van der Waals surface area contributed by atoms with E-state index in [9.17, 15) is 23.2 Å². The quantitative estimate of drug-likeness (QED) is 0.278. The second kappa shape index (κ2) is 12.1. The van der Waals surface area contributed by atoms with E-state index in [-0.39, 0.29) is 18.9 Å². The van der Waals surface area contributed by atoms with Gasteiger partial charge in [0.15, 0.2) is 0 Å². The van der Waals surface area contributed by atoms with Gasteiger partial charge in [-0.15, -0.1) is 10.8 Å². The van der Waals surface area contributed by atoms with Crippen molar-refractivity contribution >= 4 is 27.9 Å². The second-order valence-corrected chi connectivity index (χ2v) is 9.22. The lowest BCUT2D eigenvalue weighted by atomic mass is 9.82. The number of hydrazine groups is 1. The first-order valence-corrected chi connectivity index (χ1v) is 11.3. The zero-order chi connectivity index (χ0) is 22.7. The van der Waals surface area contributed by atoms with Gasteiger partial charge >= 0.3 is 0 Å². The highest BCUT2D eigenvalue weighted by molar-refractivity contribution is 7.88. The molecular formula is C21H29N3O5S. The zero-order valence-electron chi connectivity index (χ0n) is 17.4. The predicted octanol–water partition coefficient (Wildman–Crippen LogP) is 1.80. The third-order valence-electron chi connectivity index (χ3n) is 4.36. The molecule has 0 aliphatic rings. The minimum Gasteiger partial charge on any atom is -0.289 e. The number of hydroxylamine groups is 1. The van der Waals surface area contributed by atoms with E-state index >= 15 is 0 Å². The second-order valence-electron chi connectivity index (χ2n) is 7.32. The Morgan fingerprint density at radius 3 is 2.33 bits per heavy atom. The minimum absolute atomic E-state index is 0.0344. The van der Waals surface area contributed by atoms with Crippen LogP contribution in [0.15, 0.2) is 36.4 Å². The number of allylic oxidation sites excluding steroid dienone is 1. The van der Waals surface area contributed by atoms with Crippen molar-refractivity contribution < 1.29 is 23.2 Å². The minimum atomic E-state index is -3.79. The van der Waals surface area contributed by atoms with E-state index in [2.05, 4.69) is 11.3 Å². The molecule has 2 atom stereocenters. The van der Waals surface area contributed by atoms with Crippen LogP contribution < -0.4 is 10.9 Å². The van der Waals surface area contributed by atoms with Crippen molar-refractivity contribution in [2.24, 2.45) is 17.8 Å². The third-order valence-corrected chi connectivity index (χ3v) is 5.39. The van der Waals surface area contributed by atoms with Crippen LogP contribution in [-0.2, 0) is 19.6 Å². The van der Waals surface area contributed by atoms with Crippen LogP contribution in [0.3, 0.4) is 0 Å². The summed E-state index contributed by atoms with van der Waals surface area (Å²) in [5, 5.41) is 9.19. The molecular weight excluding hydrogens is 406 g/mol. The Morgan fingerprint density at radius 2 is 1.83 bits per heavy atom. The number of sulfonamides is 1. The molecule has 0 heterocycles. The average molecular weight is 436 g/mol. The molecule has 30 heavy (non-hydrogen) atoms. The largest absolute Gasteiger partial charge is 0.289 e. The van der Waals surface area contributed by atoms with Crippen LogP contribution >= 0.6 is 0 Å². The molecule has 1 rings (SSSR count). The fraction of sp³-hybridized carbons (Fsp3) is 0.429. The molecule has 8 nitrogen and oxygen atoms in total. The van der Waals surface area contributed by atoms with Gasteiger partial charge in [-0.25, -0.2) is 13.9 Å². The molecule has 3 N–H and O–H groups in total. The van der Waals surface area contributed by atoms with Gasteiger partial charge in [0.2, 0.25) is 21.8 Å². The Morgan fingerprint density at radius 1 is 1.20 bits per heavy atom. The molecule has 0 saturated heterocycles. The molecule has 0 aliphatic carbocycles. The highest BCUT2D eigenvalue weighted by atomic mass is 32.2. The standard InChI is InChI=1S/C21H29N3O5S/c1-5-14-24(30(4,28)29)22-20(25)19(15-16(2)3)18(21(26)23-27)13-9-12-17-10-7-6-8-11-17/h1,6-12,16,18-19,27H,13-15H2,2-4H3,(H,22,25)(H,23,26)/t18-,19+/m0/s1. The molecule has 0 aliphatic heterocycles. The number of benzene rings is 1. The number of hydrogen-bond donors (Lipinski definition) is 3. The van der Waals surface area contributed by atoms with Crippen LogP contribution in [0, 0.1) is 30.1 Å². The van der Waals surface area contributed by atoms with E-state index < -0.39 is 33.7 Å². The number of amides is 2. The van der Waals surface area contributed by atoms with Crippen LogP contribution in [0.1, 0.15) is 32.3 Å². The Kier molecular flexibility index (Phi) is 10.3. The molecule has 0 unspecified atom stereocenters.